The van der Waals surface area contributed by atoms with Crippen LogP contribution in [0.2, 0.25) is 0 Å². The van der Waals surface area contributed by atoms with Crippen molar-refractivity contribution in [1.29, 1.82) is 0 Å². The fourth-order valence-electron chi connectivity index (χ4n) is 4.08. The van der Waals surface area contributed by atoms with E-state index in [2.05, 4.69) is 0 Å². The minimum Gasteiger partial charge on any atom is -0.494 e. The molecule has 1 aliphatic heterocycles. The minimum absolute atomic E-state index is 0.166. The van der Waals surface area contributed by atoms with E-state index in [1.165, 1.54) is 21.3 Å². The SMILES string of the molecule is CCOC(=O)C1=CN(c2ccc(OCC)cc2)C=C(C(=O)OCC)C1c1cc(OC)c(OC)c(OC)c1. The largest absolute Gasteiger partial charge is 0.494 e. The van der Waals surface area contributed by atoms with Gasteiger partial charge in [0.25, 0.3) is 0 Å². The minimum atomic E-state index is -0.814. The molecule has 0 spiro atoms. The van der Waals surface area contributed by atoms with E-state index in [4.69, 9.17) is 28.4 Å². The Morgan fingerprint density at radius 3 is 1.68 bits per heavy atom. The van der Waals surface area contributed by atoms with Gasteiger partial charge in [0.2, 0.25) is 5.75 Å². The van der Waals surface area contributed by atoms with Crippen LogP contribution in [-0.2, 0) is 19.1 Å². The number of hydrogen-bond donors (Lipinski definition) is 0. The maximum absolute atomic E-state index is 13.3. The number of benzene rings is 2. The number of rotatable bonds is 11. The standard InChI is InChI=1S/C28H33NO8/c1-7-35-20-12-10-19(11-13-20)29-16-21(27(30)36-8-2)25(22(17-29)28(31)37-9-3)18-14-23(32-4)26(34-6)24(15-18)33-5/h10-17,25H,7-9H2,1-6H3. The van der Waals surface area contributed by atoms with E-state index in [0.29, 0.717) is 35.2 Å². The Bertz CT molecular complexity index is 1110. The third-order valence-corrected chi connectivity index (χ3v) is 5.67. The first kappa shape index (κ1) is 27.4. The smallest absolute Gasteiger partial charge is 0.336 e. The quantitative estimate of drug-likeness (QED) is 0.401. The molecule has 0 saturated carbocycles. The molecule has 9 heteroatoms. The topological polar surface area (TPSA) is 92.8 Å². The summed E-state index contributed by atoms with van der Waals surface area (Å²) in [5.74, 6) is -0.0639. The molecule has 1 heterocycles. The van der Waals surface area contributed by atoms with Crippen molar-refractivity contribution in [2.75, 3.05) is 46.0 Å². The van der Waals surface area contributed by atoms with Gasteiger partial charge in [-0.25, -0.2) is 9.59 Å². The Hall–Kier alpha value is -4.14. The van der Waals surface area contributed by atoms with E-state index >= 15 is 0 Å². The zero-order valence-electron chi connectivity index (χ0n) is 22.0. The number of hydrogen-bond acceptors (Lipinski definition) is 9. The molecule has 37 heavy (non-hydrogen) atoms. The molecule has 9 nitrogen and oxygen atoms in total. The van der Waals surface area contributed by atoms with Gasteiger partial charge < -0.3 is 33.3 Å². The highest BCUT2D eigenvalue weighted by molar-refractivity contribution is 6.00. The third kappa shape index (κ3) is 5.99. The molecule has 0 saturated heterocycles. The predicted molar refractivity (Wildman–Crippen MR) is 138 cm³/mol. The number of methoxy groups -OCH3 is 3. The summed E-state index contributed by atoms with van der Waals surface area (Å²) >= 11 is 0. The van der Waals surface area contributed by atoms with Gasteiger partial charge >= 0.3 is 11.9 Å². The molecule has 1 aliphatic rings. The summed E-state index contributed by atoms with van der Waals surface area (Å²) in [6, 6.07) is 10.7. The van der Waals surface area contributed by atoms with Crippen LogP contribution in [0.1, 0.15) is 32.3 Å². The van der Waals surface area contributed by atoms with Crippen molar-refractivity contribution in [3.8, 4) is 23.0 Å². The Kier molecular flexibility index (Phi) is 9.43. The second kappa shape index (κ2) is 12.7. The first-order chi connectivity index (χ1) is 17.9. The van der Waals surface area contributed by atoms with Crippen molar-refractivity contribution in [3.05, 3.63) is 65.5 Å². The molecular formula is C28H33NO8. The van der Waals surface area contributed by atoms with Gasteiger partial charge in [-0.3, -0.25) is 0 Å². The number of ether oxygens (including phenoxy) is 6. The molecule has 0 fully saturated rings. The van der Waals surface area contributed by atoms with Crippen LogP contribution < -0.4 is 23.8 Å². The lowest BCUT2D eigenvalue weighted by Crippen LogP contribution is -2.29. The van der Waals surface area contributed by atoms with Crippen molar-refractivity contribution in [2.45, 2.75) is 26.7 Å². The summed E-state index contributed by atoms with van der Waals surface area (Å²) in [4.78, 5) is 28.2. The molecule has 0 bridgehead atoms. The number of nitrogens with zero attached hydrogens (tertiary/aromatic N) is 1. The molecule has 198 valence electrons. The van der Waals surface area contributed by atoms with Gasteiger partial charge in [0.05, 0.1) is 58.2 Å². The van der Waals surface area contributed by atoms with Gasteiger partial charge in [0, 0.05) is 18.1 Å². The summed E-state index contributed by atoms with van der Waals surface area (Å²) in [7, 11) is 4.50. The molecule has 0 atom stereocenters. The number of carbonyl (C=O) groups is 2. The second-order valence-electron chi connectivity index (χ2n) is 7.84. The Morgan fingerprint density at radius 2 is 1.27 bits per heavy atom. The zero-order chi connectivity index (χ0) is 26.9. The molecule has 0 aliphatic carbocycles. The van der Waals surface area contributed by atoms with E-state index in [1.54, 1.807) is 43.3 Å². The molecule has 0 N–H and O–H groups in total. The number of carbonyl (C=O) groups excluding carboxylic acids is 2. The Balaban J connectivity index is 2.22. The monoisotopic (exact) mass is 511 g/mol. The third-order valence-electron chi connectivity index (χ3n) is 5.67. The van der Waals surface area contributed by atoms with Crippen molar-refractivity contribution < 1.29 is 38.0 Å². The summed E-state index contributed by atoms with van der Waals surface area (Å²) in [6.45, 7) is 6.23. The van der Waals surface area contributed by atoms with Gasteiger partial charge in [0.1, 0.15) is 5.75 Å². The van der Waals surface area contributed by atoms with Crippen LogP contribution in [0.15, 0.2) is 59.9 Å². The molecule has 3 rings (SSSR count). The van der Waals surface area contributed by atoms with E-state index in [0.717, 1.165) is 5.69 Å². The summed E-state index contributed by atoms with van der Waals surface area (Å²) < 4.78 is 32.8. The van der Waals surface area contributed by atoms with Crippen LogP contribution in [0.25, 0.3) is 0 Å². The lowest BCUT2D eigenvalue weighted by Gasteiger charge is -2.31. The van der Waals surface area contributed by atoms with Gasteiger partial charge in [-0.15, -0.1) is 0 Å². The maximum Gasteiger partial charge on any atom is 0.336 e. The van der Waals surface area contributed by atoms with Crippen LogP contribution in [-0.4, -0.2) is 53.1 Å². The predicted octanol–water partition coefficient (Wildman–Crippen LogP) is 4.61. The number of anilines is 1. The van der Waals surface area contributed by atoms with E-state index < -0.39 is 17.9 Å². The van der Waals surface area contributed by atoms with Crippen molar-refractivity contribution in [1.82, 2.24) is 0 Å². The van der Waals surface area contributed by atoms with Gasteiger partial charge in [-0.1, -0.05) is 0 Å². The van der Waals surface area contributed by atoms with E-state index in [9.17, 15) is 9.59 Å². The zero-order valence-corrected chi connectivity index (χ0v) is 22.0. The molecule has 0 amide bonds. The van der Waals surface area contributed by atoms with Gasteiger partial charge in [-0.05, 0) is 62.7 Å². The summed E-state index contributed by atoms with van der Waals surface area (Å²) in [6.07, 6.45) is 3.31. The average molecular weight is 512 g/mol. The van der Waals surface area contributed by atoms with Crippen molar-refractivity contribution >= 4 is 17.6 Å². The fourth-order valence-corrected chi connectivity index (χ4v) is 4.08. The van der Waals surface area contributed by atoms with Crippen LogP contribution >= 0.6 is 0 Å². The highest BCUT2D eigenvalue weighted by atomic mass is 16.5. The lowest BCUT2D eigenvalue weighted by atomic mass is 9.83. The van der Waals surface area contributed by atoms with Gasteiger partial charge in [-0.2, -0.15) is 0 Å². The maximum atomic E-state index is 13.3. The van der Waals surface area contributed by atoms with Crippen molar-refractivity contribution in [2.24, 2.45) is 0 Å². The molecule has 2 aromatic rings. The van der Waals surface area contributed by atoms with Crippen molar-refractivity contribution in [3.63, 3.8) is 0 Å². The van der Waals surface area contributed by atoms with Crippen LogP contribution in [0.3, 0.4) is 0 Å². The van der Waals surface area contributed by atoms with Crippen LogP contribution in [0.4, 0.5) is 5.69 Å². The molecule has 0 radical (unpaired) electrons. The summed E-state index contributed by atoms with van der Waals surface area (Å²) in [5.41, 5.74) is 1.78. The van der Waals surface area contributed by atoms with Gasteiger partial charge in [0.15, 0.2) is 11.5 Å². The fraction of sp³-hybridized carbons (Fsp3) is 0.357. The van der Waals surface area contributed by atoms with E-state index in [1.807, 2.05) is 31.2 Å². The van der Waals surface area contributed by atoms with Crippen LogP contribution in [0.5, 0.6) is 23.0 Å². The summed E-state index contributed by atoms with van der Waals surface area (Å²) in [5, 5.41) is 0. The van der Waals surface area contributed by atoms with Crippen LogP contribution in [0, 0.1) is 0 Å². The highest BCUT2D eigenvalue weighted by Gasteiger charge is 2.37. The average Bonchev–Trinajstić information content (AvgIpc) is 2.92. The number of esters is 2. The Morgan fingerprint density at radius 1 is 0.757 bits per heavy atom. The molecule has 0 aromatic heterocycles. The first-order valence-corrected chi connectivity index (χ1v) is 12.0. The first-order valence-electron chi connectivity index (χ1n) is 12.0. The molecule has 2 aromatic carbocycles. The van der Waals surface area contributed by atoms with E-state index in [-0.39, 0.29) is 24.4 Å². The molecular weight excluding hydrogens is 478 g/mol. The Labute approximate surface area is 217 Å². The lowest BCUT2D eigenvalue weighted by molar-refractivity contribution is -0.139. The second-order valence-corrected chi connectivity index (χ2v) is 7.84. The molecule has 0 unspecified atom stereocenters. The highest BCUT2D eigenvalue weighted by Crippen LogP contribution is 2.45. The normalized spacial score (nSPS) is 13.3.